The molecule has 4 aromatic rings. The van der Waals surface area contributed by atoms with Gasteiger partial charge in [-0.1, -0.05) is 30.3 Å². The molecule has 5 nitrogen and oxygen atoms in total. The molecule has 23 heavy (non-hydrogen) atoms. The summed E-state index contributed by atoms with van der Waals surface area (Å²) in [7, 11) is 0. The number of H-pyrrole nitrogens is 1. The molecule has 2 aromatic carbocycles. The van der Waals surface area contributed by atoms with Crippen molar-refractivity contribution in [2.24, 2.45) is 0 Å². The quantitative estimate of drug-likeness (QED) is 0.595. The van der Waals surface area contributed by atoms with Crippen LogP contribution in [0.1, 0.15) is 10.5 Å². The first-order chi connectivity index (χ1) is 11.2. The lowest BCUT2D eigenvalue weighted by Crippen LogP contribution is -2.14. The van der Waals surface area contributed by atoms with Crippen molar-refractivity contribution >= 4 is 33.5 Å². The predicted octanol–water partition coefficient (Wildman–Crippen LogP) is 3.50. The number of halogens is 1. The number of anilines is 1. The molecule has 4 rings (SSSR count). The van der Waals surface area contributed by atoms with Gasteiger partial charge in [0.05, 0.1) is 16.4 Å². The number of carbonyl (C=O) groups is 1. The van der Waals surface area contributed by atoms with Crippen LogP contribution in [0, 0.1) is 5.82 Å². The van der Waals surface area contributed by atoms with Crippen molar-refractivity contribution in [3.63, 3.8) is 0 Å². The number of pyridine rings is 1. The first kappa shape index (κ1) is 13.4. The van der Waals surface area contributed by atoms with Gasteiger partial charge >= 0.3 is 0 Å². The smallest absolute Gasteiger partial charge is 0.275 e. The molecule has 0 spiro atoms. The van der Waals surface area contributed by atoms with Crippen molar-refractivity contribution in [3.8, 4) is 0 Å². The van der Waals surface area contributed by atoms with E-state index in [0.29, 0.717) is 5.52 Å². The number of para-hydroxylation sites is 1. The number of hydrogen-bond donors (Lipinski definition) is 2. The molecule has 0 saturated heterocycles. The van der Waals surface area contributed by atoms with Crippen LogP contribution in [-0.2, 0) is 0 Å². The van der Waals surface area contributed by atoms with Crippen LogP contribution in [0.3, 0.4) is 0 Å². The molecule has 2 N–H and O–H groups in total. The van der Waals surface area contributed by atoms with Crippen molar-refractivity contribution in [3.05, 3.63) is 66.1 Å². The van der Waals surface area contributed by atoms with Gasteiger partial charge < -0.3 is 5.32 Å². The fourth-order valence-electron chi connectivity index (χ4n) is 2.48. The van der Waals surface area contributed by atoms with Crippen molar-refractivity contribution in [2.45, 2.75) is 0 Å². The van der Waals surface area contributed by atoms with Gasteiger partial charge in [0.2, 0.25) is 0 Å². The van der Waals surface area contributed by atoms with E-state index in [4.69, 9.17) is 0 Å². The molecule has 0 unspecified atom stereocenters. The fourth-order valence-corrected chi connectivity index (χ4v) is 2.48. The van der Waals surface area contributed by atoms with E-state index in [9.17, 15) is 9.18 Å². The van der Waals surface area contributed by atoms with Crippen LogP contribution < -0.4 is 5.32 Å². The molecule has 0 aliphatic carbocycles. The topological polar surface area (TPSA) is 70.7 Å². The number of hydrogen-bond acceptors (Lipinski definition) is 3. The Morgan fingerprint density at radius 2 is 1.91 bits per heavy atom. The Hall–Kier alpha value is -3.28. The van der Waals surface area contributed by atoms with E-state index in [1.807, 2.05) is 30.3 Å². The van der Waals surface area contributed by atoms with Crippen molar-refractivity contribution in [1.82, 2.24) is 15.2 Å². The predicted molar refractivity (Wildman–Crippen MR) is 85.7 cm³/mol. The zero-order valence-electron chi connectivity index (χ0n) is 11.9. The summed E-state index contributed by atoms with van der Waals surface area (Å²) in [5, 5.41) is 10.4. The van der Waals surface area contributed by atoms with Gasteiger partial charge in [-0.25, -0.2) is 9.37 Å². The molecule has 2 aromatic heterocycles. The summed E-state index contributed by atoms with van der Waals surface area (Å²) < 4.78 is 13.9. The van der Waals surface area contributed by atoms with Crippen molar-refractivity contribution in [2.75, 3.05) is 5.32 Å². The van der Waals surface area contributed by atoms with Crippen LogP contribution in [-0.4, -0.2) is 21.1 Å². The van der Waals surface area contributed by atoms with Crippen LogP contribution >= 0.6 is 0 Å². The number of carbonyl (C=O) groups excluding carboxylic acids is 1. The van der Waals surface area contributed by atoms with E-state index in [0.717, 1.165) is 10.9 Å². The number of benzene rings is 2. The van der Waals surface area contributed by atoms with E-state index in [-0.39, 0.29) is 16.9 Å². The van der Waals surface area contributed by atoms with Crippen LogP contribution in [0.4, 0.5) is 10.2 Å². The number of amides is 1. The highest BCUT2D eigenvalue weighted by Crippen LogP contribution is 2.23. The maximum absolute atomic E-state index is 13.9. The lowest BCUT2D eigenvalue weighted by molar-refractivity contribution is 0.102. The average molecular weight is 306 g/mol. The molecule has 0 radical (unpaired) electrons. The van der Waals surface area contributed by atoms with Gasteiger partial charge in [0, 0.05) is 5.39 Å². The highest BCUT2D eigenvalue weighted by atomic mass is 19.1. The fraction of sp³-hybridized carbons (Fsp3) is 0. The summed E-state index contributed by atoms with van der Waals surface area (Å²) >= 11 is 0. The minimum Gasteiger partial charge on any atom is -0.303 e. The summed E-state index contributed by atoms with van der Waals surface area (Å²) in [4.78, 5) is 16.7. The van der Waals surface area contributed by atoms with Gasteiger partial charge in [-0.15, -0.1) is 0 Å². The summed E-state index contributed by atoms with van der Waals surface area (Å²) in [5.74, 6) is -0.733. The zero-order valence-corrected chi connectivity index (χ0v) is 11.9. The molecule has 0 aliphatic heterocycles. The van der Waals surface area contributed by atoms with Gasteiger partial charge in [0.1, 0.15) is 11.5 Å². The molecule has 0 fully saturated rings. The highest BCUT2D eigenvalue weighted by Gasteiger charge is 2.15. The summed E-state index contributed by atoms with van der Waals surface area (Å²) in [6.07, 6.45) is 0. The van der Waals surface area contributed by atoms with Gasteiger partial charge in [-0.3, -0.25) is 9.89 Å². The normalized spacial score (nSPS) is 11.0. The van der Waals surface area contributed by atoms with Crippen molar-refractivity contribution < 1.29 is 9.18 Å². The highest BCUT2D eigenvalue weighted by molar-refractivity contribution is 6.07. The van der Waals surface area contributed by atoms with Crippen LogP contribution in [0.25, 0.3) is 21.8 Å². The molecule has 0 saturated carbocycles. The number of aromatic amines is 1. The first-order valence-electron chi connectivity index (χ1n) is 7.02. The molecule has 2 heterocycles. The molecular weight excluding hydrogens is 295 g/mol. The van der Waals surface area contributed by atoms with E-state index in [1.165, 1.54) is 6.07 Å². The van der Waals surface area contributed by atoms with E-state index in [2.05, 4.69) is 20.5 Å². The lowest BCUT2D eigenvalue weighted by atomic mass is 10.2. The number of fused-ring (bicyclic) bond motifs is 2. The minimum absolute atomic E-state index is 0.151. The maximum atomic E-state index is 13.9. The molecular formula is C17H11FN4O. The van der Waals surface area contributed by atoms with Gasteiger partial charge in [-0.05, 0) is 24.3 Å². The summed E-state index contributed by atoms with van der Waals surface area (Å²) in [6, 6.07) is 15.5. The van der Waals surface area contributed by atoms with E-state index >= 15 is 0 Å². The number of aromatic nitrogens is 3. The second-order valence-corrected chi connectivity index (χ2v) is 5.08. The monoisotopic (exact) mass is 306 g/mol. The maximum Gasteiger partial charge on any atom is 0.275 e. The van der Waals surface area contributed by atoms with E-state index < -0.39 is 11.7 Å². The SMILES string of the molecule is O=C(Nc1n[nH]c2cccc(F)c12)c1ccc2ccccc2n1. The average Bonchev–Trinajstić information content (AvgIpc) is 2.98. The van der Waals surface area contributed by atoms with Gasteiger partial charge in [0.15, 0.2) is 5.82 Å². The second-order valence-electron chi connectivity index (χ2n) is 5.08. The van der Waals surface area contributed by atoms with Crippen molar-refractivity contribution in [1.29, 1.82) is 0 Å². The molecule has 0 bridgehead atoms. The second kappa shape index (κ2) is 5.17. The van der Waals surface area contributed by atoms with Crippen LogP contribution in [0.15, 0.2) is 54.6 Å². The Labute approximate surface area is 130 Å². The Kier molecular flexibility index (Phi) is 3.01. The minimum atomic E-state index is -0.446. The number of nitrogens with zero attached hydrogens (tertiary/aromatic N) is 2. The molecule has 1 amide bonds. The zero-order chi connectivity index (χ0) is 15.8. The van der Waals surface area contributed by atoms with Gasteiger partial charge in [0.25, 0.3) is 5.91 Å². The first-order valence-corrected chi connectivity index (χ1v) is 7.02. The molecule has 6 heteroatoms. The lowest BCUT2D eigenvalue weighted by Gasteiger charge is -2.04. The Balaban J connectivity index is 1.70. The summed E-state index contributed by atoms with van der Waals surface area (Å²) in [6.45, 7) is 0. The molecule has 0 aliphatic rings. The molecule has 112 valence electrons. The largest absolute Gasteiger partial charge is 0.303 e. The van der Waals surface area contributed by atoms with Gasteiger partial charge in [-0.2, -0.15) is 5.10 Å². The number of rotatable bonds is 2. The number of nitrogens with one attached hydrogen (secondary N) is 2. The Morgan fingerprint density at radius 1 is 1.04 bits per heavy atom. The Bertz CT molecular complexity index is 1040. The van der Waals surface area contributed by atoms with Crippen LogP contribution in [0.5, 0.6) is 0 Å². The third kappa shape index (κ3) is 2.30. The summed E-state index contributed by atoms with van der Waals surface area (Å²) in [5.41, 5.74) is 1.49. The standard InChI is InChI=1S/C17H11FN4O/c18-11-5-3-7-13-15(11)16(22-21-13)20-17(23)14-9-8-10-4-1-2-6-12(10)19-14/h1-9H,(H2,20,21,22,23). The Morgan fingerprint density at radius 3 is 2.83 bits per heavy atom. The van der Waals surface area contributed by atoms with Crippen LogP contribution in [0.2, 0.25) is 0 Å². The molecule has 0 atom stereocenters. The third-order valence-electron chi connectivity index (χ3n) is 3.60. The van der Waals surface area contributed by atoms with E-state index in [1.54, 1.807) is 18.2 Å². The third-order valence-corrected chi connectivity index (χ3v) is 3.60.